The Kier molecular flexibility index (Phi) is 3.96. The summed E-state index contributed by atoms with van der Waals surface area (Å²) in [6, 6.07) is 9.76. The van der Waals surface area contributed by atoms with E-state index in [0.717, 1.165) is 20.3 Å². The summed E-state index contributed by atoms with van der Waals surface area (Å²) < 4.78 is 7.61. The van der Waals surface area contributed by atoms with Crippen molar-refractivity contribution in [1.82, 2.24) is 4.98 Å². The number of nitrogens with zero attached hydrogens (tertiary/aromatic N) is 1. The van der Waals surface area contributed by atoms with Crippen molar-refractivity contribution in [3.63, 3.8) is 0 Å². The molecule has 0 N–H and O–H groups in total. The number of hydrogen-bond donors (Lipinski definition) is 0. The normalized spacial score (nSPS) is 10.1. The first kappa shape index (κ1) is 11.6. The lowest BCUT2D eigenvalue weighted by Crippen LogP contribution is -1.95. The van der Waals surface area contributed by atoms with Crippen LogP contribution < -0.4 is 4.74 Å². The van der Waals surface area contributed by atoms with Crippen molar-refractivity contribution in [2.24, 2.45) is 0 Å². The highest BCUT2D eigenvalue weighted by Gasteiger charge is 1.98. The molecule has 0 amide bonds. The lowest BCUT2D eigenvalue weighted by atomic mass is 10.3. The molecule has 1 aromatic heterocycles. The number of ether oxygens (including phenoxy) is 1. The van der Waals surface area contributed by atoms with Gasteiger partial charge in [-0.2, -0.15) is 0 Å². The van der Waals surface area contributed by atoms with Crippen LogP contribution in [0, 0.1) is 0 Å². The fourth-order valence-corrected chi connectivity index (χ4v) is 2.05. The van der Waals surface area contributed by atoms with Crippen molar-refractivity contribution in [3.8, 4) is 5.75 Å². The predicted octanol–water partition coefficient (Wildman–Crippen LogP) is 4.19. The minimum Gasteiger partial charge on any atom is -0.489 e. The third kappa shape index (κ3) is 3.32. The molecule has 0 aliphatic heterocycles. The van der Waals surface area contributed by atoms with Crippen LogP contribution in [0.4, 0.5) is 0 Å². The van der Waals surface area contributed by atoms with E-state index in [1.165, 1.54) is 0 Å². The maximum Gasteiger partial charge on any atom is 0.120 e. The Morgan fingerprint density at radius 3 is 2.69 bits per heavy atom. The Morgan fingerprint density at radius 1 is 1.06 bits per heavy atom. The maximum absolute atomic E-state index is 5.64. The molecule has 0 radical (unpaired) electrons. The molecule has 82 valence electrons. The van der Waals surface area contributed by atoms with E-state index in [1.807, 2.05) is 30.3 Å². The molecule has 16 heavy (non-hydrogen) atoms. The van der Waals surface area contributed by atoms with Gasteiger partial charge in [0.1, 0.15) is 12.4 Å². The molecule has 0 aliphatic rings. The van der Waals surface area contributed by atoms with Gasteiger partial charge in [-0.3, -0.25) is 4.98 Å². The smallest absolute Gasteiger partial charge is 0.120 e. The van der Waals surface area contributed by atoms with E-state index in [2.05, 4.69) is 36.8 Å². The van der Waals surface area contributed by atoms with Gasteiger partial charge in [-0.25, -0.2) is 0 Å². The van der Waals surface area contributed by atoms with Crippen LogP contribution in [-0.4, -0.2) is 4.98 Å². The lowest BCUT2D eigenvalue weighted by Gasteiger charge is -2.06. The van der Waals surface area contributed by atoms with Crippen LogP contribution in [0.5, 0.6) is 5.75 Å². The molecular formula is C12H9Br2NO. The molecule has 0 fully saturated rings. The molecule has 2 aromatic rings. The maximum atomic E-state index is 5.64. The summed E-state index contributed by atoms with van der Waals surface area (Å²) >= 11 is 6.77. The van der Waals surface area contributed by atoms with Crippen LogP contribution in [0.1, 0.15) is 5.56 Å². The minimum atomic E-state index is 0.517. The molecule has 1 heterocycles. The quantitative estimate of drug-likeness (QED) is 0.834. The summed E-state index contributed by atoms with van der Waals surface area (Å²) in [6.07, 6.45) is 3.55. The molecule has 1 aromatic carbocycles. The van der Waals surface area contributed by atoms with Gasteiger partial charge >= 0.3 is 0 Å². The van der Waals surface area contributed by atoms with Gasteiger partial charge in [-0.05, 0) is 40.2 Å². The molecule has 0 atom stereocenters. The minimum absolute atomic E-state index is 0.517. The van der Waals surface area contributed by atoms with E-state index in [0.29, 0.717) is 6.61 Å². The molecule has 0 spiro atoms. The van der Waals surface area contributed by atoms with E-state index >= 15 is 0 Å². The third-order valence-corrected chi connectivity index (χ3v) is 2.89. The average Bonchev–Trinajstić information content (AvgIpc) is 2.27. The topological polar surface area (TPSA) is 22.1 Å². The fourth-order valence-electron chi connectivity index (χ4n) is 1.26. The monoisotopic (exact) mass is 341 g/mol. The Bertz CT molecular complexity index is 442. The molecule has 0 saturated heterocycles. The van der Waals surface area contributed by atoms with Gasteiger partial charge in [0.05, 0.1) is 0 Å². The highest BCUT2D eigenvalue weighted by molar-refractivity contribution is 9.10. The summed E-state index contributed by atoms with van der Waals surface area (Å²) in [5.74, 6) is 0.842. The van der Waals surface area contributed by atoms with Gasteiger partial charge < -0.3 is 4.74 Å². The van der Waals surface area contributed by atoms with Crippen molar-refractivity contribution in [2.75, 3.05) is 0 Å². The van der Waals surface area contributed by atoms with E-state index in [9.17, 15) is 0 Å². The molecule has 0 unspecified atom stereocenters. The second-order valence-corrected chi connectivity index (χ2v) is 5.09. The van der Waals surface area contributed by atoms with Crippen LogP contribution in [-0.2, 0) is 6.61 Å². The first-order chi connectivity index (χ1) is 7.74. The zero-order chi connectivity index (χ0) is 11.4. The predicted molar refractivity (Wildman–Crippen MR) is 70.4 cm³/mol. The molecule has 0 aliphatic carbocycles. The average molecular weight is 343 g/mol. The summed E-state index contributed by atoms with van der Waals surface area (Å²) in [5.41, 5.74) is 1.04. The van der Waals surface area contributed by atoms with Gasteiger partial charge in [0, 0.05) is 26.9 Å². The number of halogens is 2. The Labute approximate surface area is 111 Å². The highest BCUT2D eigenvalue weighted by Crippen LogP contribution is 2.19. The van der Waals surface area contributed by atoms with E-state index in [1.54, 1.807) is 12.4 Å². The summed E-state index contributed by atoms with van der Waals surface area (Å²) in [6.45, 7) is 0.517. The second-order valence-electron chi connectivity index (χ2n) is 3.26. The van der Waals surface area contributed by atoms with Crippen molar-refractivity contribution in [2.45, 2.75) is 6.61 Å². The van der Waals surface area contributed by atoms with Gasteiger partial charge in [0.2, 0.25) is 0 Å². The number of rotatable bonds is 3. The molecule has 2 nitrogen and oxygen atoms in total. The van der Waals surface area contributed by atoms with Crippen LogP contribution >= 0.6 is 31.9 Å². The van der Waals surface area contributed by atoms with Gasteiger partial charge in [0.25, 0.3) is 0 Å². The second kappa shape index (κ2) is 5.46. The number of benzene rings is 1. The van der Waals surface area contributed by atoms with Gasteiger partial charge in [-0.1, -0.05) is 22.0 Å². The van der Waals surface area contributed by atoms with Gasteiger partial charge in [0.15, 0.2) is 0 Å². The van der Waals surface area contributed by atoms with E-state index in [-0.39, 0.29) is 0 Å². The SMILES string of the molecule is Brc1cncc(COc2cccc(Br)c2)c1. The van der Waals surface area contributed by atoms with Crippen LogP contribution in [0.3, 0.4) is 0 Å². The first-order valence-electron chi connectivity index (χ1n) is 4.72. The van der Waals surface area contributed by atoms with E-state index < -0.39 is 0 Å². The van der Waals surface area contributed by atoms with Crippen molar-refractivity contribution >= 4 is 31.9 Å². The van der Waals surface area contributed by atoms with Crippen LogP contribution in [0.25, 0.3) is 0 Å². The summed E-state index contributed by atoms with van der Waals surface area (Å²) in [5, 5.41) is 0. The third-order valence-electron chi connectivity index (χ3n) is 1.96. The highest BCUT2D eigenvalue weighted by atomic mass is 79.9. The van der Waals surface area contributed by atoms with Crippen molar-refractivity contribution in [3.05, 3.63) is 57.2 Å². The first-order valence-corrected chi connectivity index (χ1v) is 6.30. The summed E-state index contributed by atoms with van der Waals surface area (Å²) in [7, 11) is 0. The van der Waals surface area contributed by atoms with Gasteiger partial charge in [-0.15, -0.1) is 0 Å². The van der Waals surface area contributed by atoms with Crippen LogP contribution in [0.15, 0.2) is 51.7 Å². The summed E-state index contributed by atoms with van der Waals surface area (Å²) in [4.78, 5) is 4.08. The zero-order valence-corrected chi connectivity index (χ0v) is 11.5. The Morgan fingerprint density at radius 2 is 1.94 bits per heavy atom. The molecule has 0 saturated carbocycles. The molecular weight excluding hydrogens is 334 g/mol. The lowest BCUT2D eigenvalue weighted by molar-refractivity contribution is 0.305. The number of aromatic nitrogens is 1. The molecule has 0 bridgehead atoms. The fraction of sp³-hybridized carbons (Fsp3) is 0.0833. The number of hydrogen-bond acceptors (Lipinski definition) is 2. The largest absolute Gasteiger partial charge is 0.489 e. The zero-order valence-electron chi connectivity index (χ0n) is 8.36. The number of pyridine rings is 1. The standard InChI is InChI=1S/C12H9Br2NO/c13-10-2-1-3-12(5-10)16-8-9-4-11(14)7-15-6-9/h1-7H,8H2. The van der Waals surface area contributed by atoms with Crippen molar-refractivity contribution < 1.29 is 4.74 Å². The van der Waals surface area contributed by atoms with E-state index in [4.69, 9.17) is 4.74 Å². The molecule has 2 rings (SSSR count). The molecule has 4 heteroatoms. The van der Waals surface area contributed by atoms with Crippen LogP contribution in [0.2, 0.25) is 0 Å². The Balaban J connectivity index is 2.02. The Hall–Kier alpha value is -0.870. The van der Waals surface area contributed by atoms with Crippen molar-refractivity contribution in [1.29, 1.82) is 0 Å².